The third-order valence-electron chi connectivity index (χ3n) is 5.11. The van der Waals surface area contributed by atoms with Crippen molar-refractivity contribution in [2.24, 2.45) is 0 Å². The third kappa shape index (κ3) is 4.36. The number of nitrogens with one attached hydrogen (secondary N) is 1. The average Bonchev–Trinajstić information content (AvgIpc) is 3.24. The van der Waals surface area contributed by atoms with E-state index in [0.29, 0.717) is 39.7 Å². The summed E-state index contributed by atoms with van der Waals surface area (Å²) in [7, 11) is 0. The van der Waals surface area contributed by atoms with E-state index in [-0.39, 0.29) is 5.56 Å². The van der Waals surface area contributed by atoms with Crippen molar-refractivity contribution >= 4 is 40.3 Å². The Bertz CT molecular complexity index is 1270. The number of benzene rings is 3. The van der Waals surface area contributed by atoms with E-state index in [1.54, 1.807) is 49.4 Å². The second kappa shape index (κ2) is 9.24. The highest BCUT2D eigenvalue weighted by atomic mass is 35.5. The summed E-state index contributed by atoms with van der Waals surface area (Å²) in [6.45, 7) is 3.58. The van der Waals surface area contributed by atoms with Gasteiger partial charge in [0.1, 0.15) is 5.52 Å². The molecule has 4 aromatic rings. The average molecular weight is 449 g/mol. The lowest BCUT2D eigenvalue weighted by Gasteiger charge is -2.18. The SMILES string of the molecule is CCC(OC(=O)c1ccccc1-c1nc2ccccc2o1)C(=O)Nc1cccc(Cl)c1C. The van der Waals surface area contributed by atoms with Gasteiger partial charge in [-0.2, -0.15) is 0 Å². The predicted octanol–water partition coefficient (Wildman–Crippen LogP) is 6.03. The minimum atomic E-state index is -0.974. The number of ether oxygens (including phenoxy) is 1. The zero-order valence-electron chi connectivity index (χ0n) is 17.6. The van der Waals surface area contributed by atoms with Gasteiger partial charge in [0.2, 0.25) is 5.89 Å². The molecule has 3 aromatic carbocycles. The standard InChI is InChI=1S/C25H21ClN2O4/c1-3-21(23(29)27-19-13-8-11-18(26)15(19)2)32-25(30)17-10-5-4-9-16(17)24-28-20-12-6-7-14-22(20)31-24/h4-14,21H,3H2,1-2H3,(H,27,29). The lowest BCUT2D eigenvalue weighted by molar-refractivity contribution is -0.124. The molecule has 4 rings (SSSR count). The first kappa shape index (κ1) is 21.6. The number of oxazole rings is 1. The second-order valence-corrected chi connectivity index (χ2v) is 7.64. The normalized spacial score (nSPS) is 11.8. The maximum Gasteiger partial charge on any atom is 0.339 e. The molecular formula is C25H21ClN2O4. The highest BCUT2D eigenvalue weighted by Gasteiger charge is 2.25. The monoisotopic (exact) mass is 448 g/mol. The number of fused-ring (bicyclic) bond motifs is 1. The van der Waals surface area contributed by atoms with Crippen LogP contribution in [0.3, 0.4) is 0 Å². The first-order valence-electron chi connectivity index (χ1n) is 10.2. The van der Waals surface area contributed by atoms with Crippen LogP contribution >= 0.6 is 11.6 Å². The molecule has 1 heterocycles. The van der Waals surface area contributed by atoms with Gasteiger partial charge in [-0.25, -0.2) is 9.78 Å². The summed E-state index contributed by atoms with van der Waals surface area (Å²) in [6.07, 6.45) is -0.667. The minimum absolute atomic E-state index is 0.268. The zero-order valence-corrected chi connectivity index (χ0v) is 18.3. The van der Waals surface area contributed by atoms with Crippen LogP contribution in [0.2, 0.25) is 5.02 Å². The van der Waals surface area contributed by atoms with Crippen molar-refractivity contribution in [3.63, 3.8) is 0 Å². The van der Waals surface area contributed by atoms with Gasteiger partial charge in [0, 0.05) is 10.7 Å². The molecule has 0 spiro atoms. The molecule has 0 bridgehead atoms. The van der Waals surface area contributed by atoms with Crippen LogP contribution in [0, 0.1) is 6.92 Å². The number of nitrogens with zero attached hydrogens (tertiary/aromatic N) is 1. The molecule has 1 amide bonds. The van der Waals surface area contributed by atoms with E-state index in [4.69, 9.17) is 20.8 Å². The number of carbonyl (C=O) groups is 2. The number of halogens is 1. The molecule has 1 unspecified atom stereocenters. The molecule has 0 aliphatic carbocycles. The first-order valence-corrected chi connectivity index (χ1v) is 10.6. The van der Waals surface area contributed by atoms with Crippen molar-refractivity contribution in [2.45, 2.75) is 26.4 Å². The lowest BCUT2D eigenvalue weighted by Crippen LogP contribution is -2.32. The Morgan fingerprint density at radius 3 is 2.59 bits per heavy atom. The van der Waals surface area contributed by atoms with Gasteiger partial charge < -0.3 is 14.5 Å². The smallest absolute Gasteiger partial charge is 0.339 e. The van der Waals surface area contributed by atoms with E-state index in [1.165, 1.54) is 0 Å². The molecule has 0 saturated heterocycles. The summed E-state index contributed by atoms with van der Waals surface area (Å²) >= 11 is 6.13. The van der Waals surface area contributed by atoms with Crippen LogP contribution in [-0.2, 0) is 9.53 Å². The number of hydrogen-bond donors (Lipinski definition) is 1. The molecular weight excluding hydrogens is 428 g/mol. The molecule has 1 N–H and O–H groups in total. The largest absolute Gasteiger partial charge is 0.449 e. The molecule has 32 heavy (non-hydrogen) atoms. The Morgan fingerprint density at radius 1 is 1.06 bits per heavy atom. The zero-order chi connectivity index (χ0) is 22.7. The molecule has 6 nitrogen and oxygen atoms in total. The van der Waals surface area contributed by atoms with Gasteiger partial charge in [-0.15, -0.1) is 0 Å². The highest BCUT2D eigenvalue weighted by Crippen LogP contribution is 2.28. The van der Waals surface area contributed by atoms with Crippen molar-refractivity contribution in [1.82, 2.24) is 4.98 Å². The summed E-state index contributed by atoms with van der Waals surface area (Å²) < 4.78 is 11.4. The number of aromatic nitrogens is 1. The van der Waals surface area contributed by atoms with Gasteiger partial charge in [0.15, 0.2) is 11.7 Å². The number of carbonyl (C=O) groups excluding carboxylic acids is 2. The fourth-order valence-electron chi connectivity index (χ4n) is 3.31. The number of rotatable bonds is 6. The van der Waals surface area contributed by atoms with Crippen molar-refractivity contribution in [2.75, 3.05) is 5.32 Å². The first-order chi connectivity index (χ1) is 15.5. The highest BCUT2D eigenvalue weighted by molar-refractivity contribution is 6.31. The topological polar surface area (TPSA) is 81.4 Å². The summed E-state index contributed by atoms with van der Waals surface area (Å²) in [5.41, 5.74) is 3.38. The number of esters is 1. The molecule has 162 valence electrons. The molecule has 0 fully saturated rings. The Kier molecular flexibility index (Phi) is 6.23. The van der Waals surface area contributed by atoms with Crippen LogP contribution < -0.4 is 5.32 Å². The van der Waals surface area contributed by atoms with Gasteiger partial charge in [0.25, 0.3) is 5.91 Å². The Balaban J connectivity index is 1.56. The molecule has 0 radical (unpaired) electrons. The Hall–Kier alpha value is -3.64. The van der Waals surface area contributed by atoms with Gasteiger partial charge in [0.05, 0.1) is 11.1 Å². The van der Waals surface area contributed by atoms with Crippen LogP contribution in [0.4, 0.5) is 5.69 Å². The number of hydrogen-bond acceptors (Lipinski definition) is 5. The number of anilines is 1. The van der Waals surface area contributed by atoms with Gasteiger partial charge in [-0.1, -0.05) is 48.9 Å². The van der Waals surface area contributed by atoms with Gasteiger partial charge >= 0.3 is 5.97 Å². The molecule has 0 aliphatic rings. The second-order valence-electron chi connectivity index (χ2n) is 7.24. The van der Waals surface area contributed by atoms with Gasteiger partial charge in [-0.3, -0.25) is 4.79 Å². The fourth-order valence-corrected chi connectivity index (χ4v) is 3.48. The van der Waals surface area contributed by atoms with Crippen LogP contribution in [-0.4, -0.2) is 23.0 Å². The Labute approximate surface area is 190 Å². The molecule has 0 saturated carbocycles. The summed E-state index contributed by atoms with van der Waals surface area (Å²) in [5.74, 6) is -0.746. The maximum absolute atomic E-state index is 13.0. The maximum atomic E-state index is 13.0. The lowest BCUT2D eigenvalue weighted by atomic mass is 10.1. The molecule has 0 aliphatic heterocycles. The Morgan fingerprint density at radius 2 is 1.81 bits per heavy atom. The number of para-hydroxylation sites is 2. The predicted molar refractivity (Wildman–Crippen MR) is 124 cm³/mol. The van der Waals surface area contributed by atoms with Crippen molar-refractivity contribution in [3.8, 4) is 11.5 Å². The summed E-state index contributed by atoms with van der Waals surface area (Å²) in [6, 6.07) is 19.4. The van der Waals surface area contributed by atoms with E-state index in [1.807, 2.05) is 31.2 Å². The summed E-state index contributed by atoms with van der Waals surface area (Å²) in [4.78, 5) is 30.3. The fraction of sp³-hybridized carbons (Fsp3) is 0.160. The number of amides is 1. The molecule has 7 heteroatoms. The van der Waals surface area contributed by atoms with Crippen LogP contribution in [0.25, 0.3) is 22.6 Å². The summed E-state index contributed by atoms with van der Waals surface area (Å²) in [5, 5.41) is 3.33. The minimum Gasteiger partial charge on any atom is -0.449 e. The van der Waals surface area contributed by atoms with E-state index < -0.39 is 18.0 Å². The van der Waals surface area contributed by atoms with Crippen LogP contribution in [0.15, 0.2) is 71.1 Å². The van der Waals surface area contributed by atoms with E-state index in [0.717, 1.165) is 5.56 Å². The van der Waals surface area contributed by atoms with E-state index in [9.17, 15) is 9.59 Å². The van der Waals surface area contributed by atoms with Crippen molar-refractivity contribution in [3.05, 3.63) is 82.9 Å². The van der Waals surface area contributed by atoms with Gasteiger partial charge in [-0.05, 0) is 55.3 Å². The van der Waals surface area contributed by atoms with Crippen molar-refractivity contribution < 1.29 is 18.7 Å². The van der Waals surface area contributed by atoms with Crippen molar-refractivity contribution in [1.29, 1.82) is 0 Å². The quantitative estimate of drug-likeness (QED) is 0.364. The third-order valence-corrected chi connectivity index (χ3v) is 5.52. The van der Waals surface area contributed by atoms with Crippen LogP contribution in [0.1, 0.15) is 29.3 Å². The van der Waals surface area contributed by atoms with E-state index >= 15 is 0 Å². The molecule has 1 aromatic heterocycles. The van der Waals surface area contributed by atoms with E-state index in [2.05, 4.69) is 10.3 Å². The molecule has 1 atom stereocenters. The van der Waals surface area contributed by atoms with Crippen LogP contribution in [0.5, 0.6) is 0 Å².